The van der Waals surface area contributed by atoms with Gasteiger partial charge in [0.15, 0.2) is 0 Å². The number of amides is 1. The molecule has 1 aromatic rings. The highest BCUT2D eigenvalue weighted by Crippen LogP contribution is 2.17. The minimum absolute atomic E-state index is 0.185. The molecule has 4 nitrogen and oxygen atoms in total. The largest absolute Gasteiger partial charge is 0.445 e. The Kier molecular flexibility index (Phi) is 5.87. The molecule has 1 N–H and O–H groups in total. The van der Waals surface area contributed by atoms with E-state index >= 15 is 0 Å². The Hall–Kier alpha value is -1.55. The fourth-order valence-corrected chi connectivity index (χ4v) is 2.56. The summed E-state index contributed by atoms with van der Waals surface area (Å²) in [5.74, 6) is 0.549. The number of nitrogens with zero attached hydrogens (tertiary/aromatic N) is 1. The highest BCUT2D eigenvalue weighted by atomic mass is 16.6. The summed E-state index contributed by atoms with van der Waals surface area (Å²) in [6, 6.07) is 9.81. The smallest absolute Gasteiger partial charge is 0.410 e. The molecule has 1 unspecified atom stereocenters. The fourth-order valence-electron chi connectivity index (χ4n) is 2.56. The summed E-state index contributed by atoms with van der Waals surface area (Å²) >= 11 is 0. The van der Waals surface area contributed by atoms with E-state index in [1.54, 1.807) is 0 Å². The van der Waals surface area contributed by atoms with E-state index < -0.39 is 0 Å². The fraction of sp³-hybridized carbons (Fsp3) is 0.562. The highest BCUT2D eigenvalue weighted by molar-refractivity contribution is 5.67. The zero-order valence-electron chi connectivity index (χ0n) is 12.2. The van der Waals surface area contributed by atoms with E-state index in [1.165, 1.54) is 6.42 Å². The van der Waals surface area contributed by atoms with Gasteiger partial charge in [0.1, 0.15) is 6.61 Å². The van der Waals surface area contributed by atoms with Gasteiger partial charge < -0.3 is 15.0 Å². The van der Waals surface area contributed by atoms with Crippen molar-refractivity contribution in [3.05, 3.63) is 35.9 Å². The number of piperidine rings is 1. The molecule has 0 spiro atoms. The number of carbonyl (C=O) groups is 1. The summed E-state index contributed by atoms with van der Waals surface area (Å²) in [6.07, 6.45) is 2.07. The van der Waals surface area contributed by atoms with Gasteiger partial charge in [-0.2, -0.15) is 0 Å². The van der Waals surface area contributed by atoms with Crippen molar-refractivity contribution in [3.8, 4) is 0 Å². The van der Waals surface area contributed by atoms with E-state index in [2.05, 4.69) is 12.2 Å². The second-order valence-electron chi connectivity index (χ2n) is 5.30. The monoisotopic (exact) mass is 276 g/mol. The van der Waals surface area contributed by atoms with E-state index in [0.29, 0.717) is 12.5 Å². The SMILES string of the molecule is CCNCC1CCCN(C(=O)OCc2ccccc2)C1. The third kappa shape index (κ3) is 4.53. The predicted octanol–water partition coefficient (Wildman–Crippen LogP) is 2.64. The van der Waals surface area contributed by atoms with Crippen LogP contribution in [0.25, 0.3) is 0 Å². The van der Waals surface area contributed by atoms with E-state index in [0.717, 1.165) is 38.2 Å². The molecule has 110 valence electrons. The van der Waals surface area contributed by atoms with E-state index in [-0.39, 0.29) is 6.09 Å². The molecule has 1 aromatic carbocycles. The molecule has 1 aliphatic heterocycles. The first-order valence-electron chi connectivity index (χ1n) is 7.46. The molecule has 0 saturated carbocycles. The second kappa shape index (κ2) is 7.90. The Morgan fingerprint density at radius 3 is 2.95 bits per heavy atom. The maximum absolute atomic E-state index is 12.1. The summed E-state index contributed by atoms with van der Waals surface area (Å²) in [5.41, 5.74) is 1.03. The Balaban J connectivity index is 1.77. The first-order chi connectivity index (χ1) is 9.79. The van der Waals surface area contributed by atoms with Crippen molar-refractivity contribution in [2.75, 3.05) is 26.2 Å². The van der Waals surface area contributed by atoms with Gasteiger partial charge in [0.25, 0.3) is 0 Å². The van der Waals surface area contributed by atoms with Crippen LogP contribution in [0.1, 0.15) is 25.3 Å². The molecule has 0 aromatic heterocycles. The molecule has 1 saturated heterocycles. The molecule has 1 heterocycles. The molecule has 1 amide bonds. The number of ether oxygens (including phenoxy) is 1. The van der Waals surface area contributed by atoms with Crippen molar-refractivity contribution >= 4 is 6.09 Å². The topological polar surface area (TPSA) is 41.6 Å². The van der Waals surface area contributed by atoms with Gasteiger partial charge in [0, 0.05) is 13.1 Å². The minimum atomic E-state index is -0.185. The number of carbonyl (C=O) groups excluding carboxylic acids is 1. The van der Waals surface area contributed by atoms with Crippen LogP contribution in [-0.2, 0) is 11.3 Å². The molecule has 20 heavy (non-hydrogen) atoms. The zero-order valence-corrected chi connectivity index (χ0v) is 12.2. The number of likely N-dealkylation sites (tertiary alicyclic amines) is 1. The van der Waals surface area contributed by atoms with Crippen LogP contribution in [0.4, 0.5) is 4.79 Å². The lowest BCUT2D eigenvalue weighted by atomic mass is 9.98. The van der Waals surface area contributed by atoms with Gasteiger partial charge in [-0.25, -0.2) is 4.79 Å². The lowest BCUT2D eigenvalue weighted by molar-refractivity contribution is 0.0790. The number of hydrogen-bond donors (Lipinski definition) is 1. The van der Waals surface area contributed by atoms with Gasteiger partial charge in [-0.3, -0.25) is 0 Å². The van der Waals surface area contributed by atoms with Crippen LogP contribution >= 0.6 is 0 Å². The van der Waals surface area contributed by atoms with Crippen molar-refractivity contribution in [2.45, 2.75) is 26.4 Å². The zero-order chi connectivity index (χ0) is 14.2. The summed E-state index contributed by atoms with van der Waals surface area (Å²) in [4.78, 5) is 13.9. The van der Waals surface area contributed by atoms with Crippen LogP contribution < -0.4 is 5.32 Å². The summed E-state index contributed by atoms with van der Waals surface area (Å²) < 4.78 is 5.39. The van der Waals surface area contributed by atoms with Crippen LogP contribution in [0.5, 0.6) is 0 Å². The van der Waals surface area contributed by atoms with Gasteiger partial charge in [0.2, 0.25) is 0 Å². The van der Waals surface area contributed by atoms with Crippen molar-refractivity contribution in [1.82, 2.24) is 10.2 Å². The minimum Gasteiger partial charge on any atom is -0.445 e. The highest BCUT2D eigenvalue weighted by Gasteiger charge is 2.24. The Morgan fingerprint density at radius 1 is 1.40 bits per heavy atom. The second-order valence-corrected chi connectivity index (χ2v) is 5.30. The number of nitrogens with one attached hydrogen (secondary N) is 1. The Morgan fingerprint density at radius 2 is 2.20 bits per heavy atom. The van der Waals surface area contributed by atoms with Crippen LogP contribution in [0.15, 0.2) is 30.3 Å². The molecule has 0 radical (unpaired) electrons. The molecule has 0 bridgehead atoms. The number of rotatable bonds is 5. The third-order valence-electron chi connectivity index (χ3n) is 3.67. The van der Waals surface area contributed by atoms with Crippen LogP contribution in [0, 0.1) is 5.92 Å². The van der Waals surface area contributed by atoms with Gasteiger partial charge >= 0.3 is 6.09 Å². The summed E-state index contributed by atoms with van der Waals surface area (Å²) in [7, 11) is 0. The molecule has 1 aliphatic rings. The van der Waals surface area contributed by atoms with Crippen LogP contribution in [-0.4, -0.2) is 37.2 Å². The van der Waals surface area contributed by atoms with Crippen molar-refractivity contribution in [1.29, 1.82) is 0 Å². The molecule has 1 atom stereocenters. The first kappa shape index (κ1) is 14.9. The van der Waals surface area contributed by atoms with Crippen molar-refractivity contribution in [2.24, 2.45) is 5.92 Å². The summed E-state index contributed by atoms with van der Waals surface area (Å²) in [5, 5.41) is 3.36. The van der Waals surface area contributed by atoms with Gasteiger partial charge in [-0.1, -0.05) is 37.3 Å². The predicted molar refractivity (Wildman–Crippen MR) is 79.5 cm³/mol. The first-order valence-corrected chi connectivity index (χ1v) is 7.46. The molecule has 2 rings (SSSR count). The van der Waals surface area contributed by atoms with Gasteiger partial charge in [-0.05, 0) is 37.4 Å². The van der Waals surface area contributed by atoms with E-state index in [1.807, 2.05) is 35.2 Å². The molecule has 0 aliphatic carbocycles. The molecule has 4 heteroatoms. The molecular weight excluding hydrogens is 252 g/mol. The van der Waals surface area contributed by atoms with Crippen molar-refractivity contribution < 1.29 is 9.53 Å². The van der Waals surface area contributed by atoms with Crippen LogP contribution in [0.2, 0.25) is 0 Å². The van der Waals surface area contributed by atoms with E-state index in [9.17, 15) is 4.79 Å². The van der Waals surface area contributed by atoms with Crippen molar-refractivity contribution in [3.63, 3.8) is 0 Å². The lowest BCUT2D eigenvalue weighted by Gasteiger charge is -2.32. The maximum Gasteiger partial charge on any atom is 0.410 e. The van der Waals surface area contributed by atoms with Gasteiger partial charge in [-0.15, -0.1) is 0 Å². The van der Waals surface area contributed by atoms with Crippen LogP contribution in [0.3, 0.4) is 0 Å². The molecular formula is C16H24N2O2. The Bertz CT molecular complexity index is 408. The standard InChI is InChI=1S/C16H24N2O2/c1-2-17-11-15-9-6-10-18(12-15)16(19)20-13-14-7-4-3-5-8-14/h3-5,7-8,15,17H,2,6,9-13H2,1H3. The molecule has 1 fully saturated rings. The summed E-state index contributed by atoms with van der Waals surface area (Å²) in [6.45, 7) is 6.05. The lowest BCUT2D eigenvalue weighted by Crippen LogP contribution is -2.43. The normalized spacial score (nSPS) is 18.9. The number of benzene rings is 1. The Labute approximate surface area is 121 Å². The maximum atomic E-state index is 12.1. The average molecular weight is 276 g/mol. The van der Waals surface area contributed by atoms with E-state index in [4.69, 9.17) is 4.74 Å². The average Bonchev–Trinajstić information content (AvgIpc) is 2.52. The van der Waals surface area contributed by atoms with Gasteiger partial charge in [0.05, 0.1) is 0 Å². The third-order valence-corrected chi connectivity index (χ3v) is 3.67. The quantitative estimate of drug-likeness (QED) is 0.899. The number of hydrogen-bond acceptors (Lipinski definition) is 3.